The van der Waals surface area contributed by atoms with Gasteiger partial charge in [0, 0.05) is 5.41 Å². The highest BCUT2D eigenvalue weighted by Crippen LogP contribution is 2.37. The monoisotopic (exact) mass is 289 g/mol. The van der Waals surface area contributed by atoms with Gasteiger partial charge < -0.3 is 14.4 Å². The standard InChI is InChI=1S/C17H23NO3/c1-18(2)9-8-17(12-19)7-6-13-10-14(16(20)21-3)4-5-15(13)11-17/h4-5,10,12H,6-9,11H2,1-3H3/t17-/m0/s1. The first-order valence-electron chi connectivity index (χ1n) is 7.31. The van der Waals surface area contributed by atoms with E-state index in [2.05, 4.69) is 4.90 Å². The summed E-state index contributed by atoms with van der Waals surface area (Å²) in [6, 6.07) is 5.66. The van der Waals surface area contributed by atoms with Crippen molar-refractivity contribution in [1.82, 2.24) is 4.90 Å². The van der Waals surface area contributed by atoms with E-state index in [1.165, 1.54) is 18.2 Å². The molecule has 0 N–H and O–H groups in total. The van der Waals surface area contributed by atoms with Gasteiger partial charge in [0.05, 0.1) is 12.7 Å². The van der Waals surface area contributed by atoms with Gasteiger partial charge in [-0.15, -0.1) is 0 Å². The topological polar surface area (TPSA) is 46.6 Å². The summed E-state index contributed by atoms with van der Waals surface area (Å²) >= 11 is 0. The molecule has 4 heteroatoms. The molecule has 0 fully saturated rings. The van der Waals surface area contributed by atoms with Gasteiger partial charge in [-0.3, -0.25) is 0 Å². The quantitative estimate of drug-likeness (QED) is 0.615. The maximum Gasteiger partial charge on any atom is 0.337 e. The molecule has 0 saturated heterocycles. The summed E-state index contributed by atoms with van der Waals surface area (Å²) in [6.45, 7) is 0.911. The van der Waals surface area contributed by atoms with Crippen molar-refractivity contribution in [2.45, 2.75) is 25.7 Å². The van der Waals surface area contributed by atoms with Crippen LogP contribution in [0.5, 0.6) is 0 Å². The summed E-state index contributed by atoms with van der Waals surface area (Å²) < 4.78 is 4.75. The van der Waals surface area contributed by atoms with Crippen LogP contribution in [0.3, 0.4) is 0 Å². The molecule has 1 aliphatic rings. The first-order chi connectivity index (χ1) is 9.99. The van der Waals surface area contributed by atoms with Crippen molar-refractivity contribution in [3.63, 3.8) is 0 Å². The first kappa shape index (κ1) is 15.7. The van der Waals surface area contributed by atoms with Crippen LogP contribution in [-0.2, 0) is 22.4 Å². The van der Waals surface area contributed by atoms with Gasteiger partial charge in [0.25, 0.3) is 0 Å². The van der Waals surface area contributed by atoms with E-state index in [0.717, 1.165) is 38.5 Å². The summed E-state index contributed by atoms with van der Waals surface area (Å²) in [6.07, 6.45) is 4.46. The Kier molecular flexibility index (Phi) is 4.78. The van der Waals surface area contributed by atoms with Crippen molar-refractivity contribution < 1.29 is 14.3 Å². The van der Waals surface area contributed by atoms with E-state index in [1.807, 2.05) is 26.2 Å². The molecular weight excluding hydrogens is 266 g/mol. The number of hydrogen-bond donors (Lipinski definition) is 0. The van der Waals surface area contributed by atoms with Gasteiger partial charge in [0.2, 0.25) is 0 Å². The molecule has 0 aromatic heterocycles. The molecule has 0 spiro atoms. The first-order valence-corrected chi connectivity index (χ1v) is 7.31. The molecule has 4 nitrogen and oxygen atoms in total. The van der Waals surface area contributed by atoms with E-state index in [1.54, 1.807) is 6.07 Å². The molecule has 1 atom stereocenters. The van der Waals surface area contributed by atoms with Crippen molar-refractivity contribution in [3.8, 4) is 0 Å². The van der Waals surface area contributed by atoms with Gasteiger partial charge in [0.1, 0.15) is 6.29 Å². The van der Waals surface area contributed by atoms with Crippen molar-refractivity contribution in [2.24, 2.45) is 5.41 Å². The Hall–Kier alpha value is -1.68. The van der Waals surface area contributed by atoms with Crippen LogP contribution in [0, 0.1) is 5.41 Å². The van der Waals surface area contributed by atoms with Crippen LogP contribution in [0.1, 0.15) is 34.3 Å². The minimum Gasteiger partial charge on any atom is -0.465 e. The molecule has 1 aromatic carbocycles. The molecule has 0 saturated carbocycles. The molecule has 1 aliphatic carbocycles. The predicted molar refractivity (Wildman–Crippen MR) is 81.5 cm³/mol. The molecule has 1 aromatic rings. The Balaban J connectivity index is 2.19. The highest BCUT2D eigenvalue weighted by Gasteiger charge is 2.34. The third kappa shape index (κ3) is 3.50. The van der Waals surface area contributed by atoms with Crippen LogP contribution in [0.4, 0.5) is 0 Å². The van der Waals surface area contributed by atoms with Gasteiger partial charge >= 0.3 is 5.97 Å². The molecule has 0 amide bonds. The normalized spacial score (nSPS) is 21.0. The number of aldehydes is 1. The number of aryl methyl sites for hydroxylation is 1. The predicted octanol–water partition coefficient (Wildman–Crippen LogP) is 2.10. The minimum absolute atomic E-state index is 0.260. The van der Waals surface area contributed by atoms with Gasteiger partial charge in [0.15, 0.2) is 0 Å². The molecule has 2 rings (SSSR count). The largest absolute Gasteiger partial charge is 0.465 e. The zero-order chi connectivity index (χ0) is 15.5. The summed E-state index contributed by atoms with van der Waals surface area (Å²) in [5.74, 6) is -0.308. The van der Waals surface area contributed by atoms with Crippen LogP contribution < -0.4 is 0 Å². The number of nitrogens with zero attached hydrogens (tertiary/aromatic N) is 1. The Morgan fingerprint density at radius 2 is 2.14 bits per heavy atom. The van der Waals surface area contributed by atoms with Crippen LogP contribution in [0.25, 0.3) is 0 Å². The number of hydrogen-bond acceptors (Lipinski definition) is 4. The van der Waals surface area contributed by atoms with E-state index in [9.17, 15) is 9.59 Å². The van der Waals surface area contributed by atoms with Gasteiger partial charge in [-0.2, -0.15) is 0 Å². The van der Waals surface area contributed by atoms with Crippen LogP contribution in [-0.4, -0.2) is 44.9 Å². The smallest absolute Gasteiger partial charge is 0.337 e. The third-order valence-electron chi connectivity index (χ3n) is 4.37. The highest BCUT2D eigenvalue weighted by molar-refractivity contribution is 5.89. The number of esters is 1. The summed E-state index contributed by atoms with van der Waals surface area (Å²) in [4.78, 5) is 25.3. The van der Waals surface area contributed by atoms with Crippen molar-refractivity contribution in [1.29, 1.82) is 0 Å². The molecule has 0 radical (unpaired) electrons. The highest BCUT2D eigenvalue weighted by atomic mass is 16.5. The Morgan fingerprint density at radius 3 is 2.76 bits per heavy atom. The molecular formula is C17H23NO3. The fourth-order valence-corrected chi connectivity index (χ4v) is 2.95. The number of methoxy groups -OCH3 is 1. The Labute approximate surface area is 126 Å². The second kappa shape index (κ2) is 6.39. The second-order valence-electron chi connectivity index (χ2n) is 6.19. The van der Waals surface area contributed by atoms with Gasteiger partial charge in [-0.05, 0) is 69.6 Å². The number of carbonyl (C=O) groups is 2. The van der Waals surface area contributed by atoms with Crippen molar-refractivity contribution >= 4 is 12.3 Å². The number of carbonyl (C=O) groups excluding carboxylic acids is 2. The average molecular weight is 289 g/mol. The fourth-order valence-electron chi connectivity index (χ4n) is 2.95. The number of benzene rings is 1. The zero-order valence-corrected chi connectivity index (χ0v) is 13.0. The maximum atomic E-state index is 11.6. The minimum atomic E-state index is -0.308. The lowest BCUT2D eigenvalue weighted by Gasteiger charge is -2.34. The maximum absolute atomic E-state index is 11.6. The van der Waals surface area contributed by atoms with Gasteiger partial charge in [-0.1, -0.05) is 6.07 Å². The van der Waals surface area contributed by atoms with E-state index in [4.69, 9.17) is 4.74 Å². The third-order valence-corrected chi connectivity index (χ3v) is 4.37. The number of fused-ring (bicyclic) bond motifs is 1. The SMILES string of the molecule is COC(=O)c1ccc2c(c1)CC[C@](C=O)(CCN(C)C)C2. The van der Waals surface area contributed by atoms with Crippen LogP contribution in [0.2, 0.25) is 0 Å². The lowest BCUT2D eigenvalue weighted by Crippen LogP contribution is -2.34. The summed E-state index contributed by atoms with van der Waals surface area (Å²) in [7, 11) is 5.44. The average Bonchev–Trinajstić information content (AvgIpc) is 2.51. The van der Waals surface area contributed by atoms with Crippen molar-refractivity contribution in [3.05, 3.63) is 34.9 Å². The Bertz CT molecular complexity index is 539. The molecule has 0 bridgehead atoms. The number of rotatable bonds is 5. The molecule has 0 heterocycles. The second-order valence-corrected chi connectivity index (χ2v) is 6.19. The number of ether oxygens (including phenoxy) is 1. The molecule has 0 unspecified atom stereocenters. The summed E-state index contributed by atoms with van der Waals surface area (Å²) in [5.41, 5.74) is 2.67. The van der Waals surface area contributed by atoms with E-state index in [-0.39, 0.29) is 11.4 Å². The Morgan fingerprint density at radius 1 is 1.38 bits per heavy atom. The van der Waals surface area contributed by atoms with Gasteiger partial charge in [-0.25, -0.2) is 4.79 Å². The van der Waals surface area contributed by atoms with Crippen molar-refractivity contribution in [2.75, 3.05) is 27.7 Å². The van der Waals surface area contributed by atoms with E-state index < -0.39 is 0 Å². The van der Waals surface area contributed by atoms with E-state index in [0.29, 0.717) is 5.56 Å². The lowest BCUT2D eigenvalue weighted by molar-refractivity contribution is -0.117. The lowest BCUT2D eigenvalue weighted by atomic mass is 9.70. The van der Waals surface area contributed by atoms with Crippen LogP contribution >= 0.6 is 0 Å². The molecule has 0 aliphatic heterocycles. The summed E-state index contributed by atoms with van der Waals surface area (Å²) in [5, 5.41) is 0. The van der Waals surface area contributed by atoms with E-state index >= 15 is 0 Å². The van der Waals surface area contributed by atoms with Crippen LogP contribution in [0.15, 0.2) is 18.2 Å². The molecule has 114 valence electrons. The zero-order valence-electron chi connectivity index (χ0n) is 13.0. The molecule has 21 heavy (non-hydrogen) atoms. The fraction of sp³-hybridized carbons (Fsp3) is 0.529.